The van der Waals surface area contributed by atoms with E-state index < -0.39 is 0 Å². The van der Waals surface area contributed by atoms with E-state index in [0.29, 0.717) is 24.7 Å². The molecule has 5 aromatic rings. The highest BCUT2D eigenvalue weighted by Crippen LogP contribution is 2.25. The van der Waals surface area contributed by atoms with Crippen molar-refractivity contribution in [2.45, 2.75) is 19.6 Å². The molecule has 0 radical (unpaired) electrons. The van der Waals surface area contributed by atoms with Crippen LogP contribution in [0, 0.1) is 0 Å². The summed E-state index contributed by atoms with van der Waals surface area (Å²) in [6, 6.07) is 31.0. The first-order valence-corrected chi connectivity index (χ1v) is 12.1. The Bertz CT molecular complexity index is 1490. The molecule has 0 fully saturated rings. The summed E-state index contributed by atoms with van der Waals surface area (Å²) >= 11 is 0. The molecule has 6 heteroatoms. The van der Waals surface area contributed by atoms with Crippen LogP contribution in [0.3, 0.4) is 0 Å². The van der Waals surface area contributed by atoms with E-state index in [1.165, 1.54) is 0 Å². The van der Waals surface area contributed by atoms with Crippen molar-refractivity contribution >= 4 is 22.5 Å². The van der Waals surface area contributed by atoms with Gasteiger partial charge in [-0.3, -0.25) is 9.78 Å². The first-order valence-electron chi connectivity index (χ1n) is 12.1. The number of rotatable bonds is 9. The standard InChI is InChI=1S/C31H27N3O3/c1-36-30-11-5-3-9-25(30)19-31(35)34(21-23-7-6-18-32-20-23)27-14-16-28(17-15-27)37-22-26-13-12-24-8-2-4-10-29(24)33-26/h2-18,20H,19,21-22H2,1H3. The normalized spacial score (nSPS) is 10.7. The lowest BCUT2D eigenvalue weighted by molar-refractivity contribution is -0.118. The highest BCUT2D eigenvalue weighted by molar-refractivity contribution is 5.95. The summed E-state index contributed by atoms with van der Waals surface area (Å²) in [6.45, 7) is 0.763. The fraction of sp³-hybridized carbons (Fsp3) is 0.129. The van der Waals surface area contributed by atoms with Gasteiger partial charge in [-0.05, 0) is 54.1 Å². The quantitative estimate of drug-likeness (QED) is 0.254. The second-order valence-electron chi connectivity index (χ2n) is 8.61. The smallest absolute Gasteiger partial charge is 0.231 e. The number of carbonyl (C=O) groups is 1. The molecule has 2 heterocycles. The topological polar surface area (TPSA) is 64.5 Å². The van der Waals surface area contributed by atoms with E-state index in [-0.39, 0.29) is 12.3 Å². The summed E-state index contributed by atoms with van der Waals surface area (Å²) in [6.07, 6.45) is 3.72. The van der Waals surface area contributed by atoms with Crippen molar-refractivity contribution in [1.82, 2.24) is 9.97 Å². The molecule has 0 aliphatic carbocycles. The second kappa shape index (κ2) is 11.4. The average Bonchev–Trinajstić information content (AvgIpc) is 2.96. The molecule has 0 bridgehead atoms. The minimum atomic E-state index is -0.0395. The summed E-state index contributed by atoms with van der Waals surface area (Å²) in [5, 5.41) is 1.10. The Morgan fingerprint density at radius 1 is 0.865 bits per heavy atom. The number of fused-ring (bicyclic) bond motifs is 1. The minimum absolute atomic E-state index is 0.0395. The number of ether oxygens (including phenoxy) is 2. The molecule has 5 rings (SSSR count). The lowest BCUT2D eigenvalue weighted by Crippen LogP contribution is -2.32. The fourth-order valence-electron chi connectivity index (χ4n) is 4.17. The van der Waals surface area contributed by atoms with Crippen LogP contribution >= 0.6 is 0 Å². The van der Waals surface area contributed by atoms with Gasteiger partial charge in [0.05, 0.1) is 31.3 Å². The first-order chi connectivity index (χ1) is 18.2. The summed E-state index contributed by atoms with van der Waals surface area (Å²) in [5.41, 5.74) is 4.36. The predicted molar refractivity (Wildman–Crippen MR) is 145 cm³/mol. The molecule has 0 aliphatic heterocycles. The Morgan fingerprint density at radius 2 is 1.68 bits per heavy atom. The number of benzene rings is 3. The molecule has 0 spiro atoms. The van der Waals surface area contributed by atoms with Gasteiger partial charge in [0.25, 0.3) is 0 Å². The second-order valence-corrected chi connectivity index (χ2v) is 8.61. The van der Waals surface area contributed by atoms with Crippen LogP contribution in [0.5, 0.6) is 11.5 Å². The molecule has 0 unspecified atom stereocenters. The molecule has 0 atom stereocenters. The number of anilines is 1. The van der Waals surface area contributed by atoms with Crippen molar-refractivity contribution < 1.29 is 14.3 Å². The third-order valence-corrected chi connectivity index (χ3v) is 6.09. The third kappa shape index (κ3) is 5.93. The molecule has 6 nitrogen and oxygen atoms in total. The number of amides is 1. The number of aromatic nitrogens is 2. The van der Waals surface area contributed by atoms with Crippen molar-refractivity contribution in [2.24, 2.45) is 0 Å². The Labute approximate surface area is 216 Å². The van der Waals surface area contributed by atoms with Gasteiger partial charge in [-0.1, -0.05) is 48.5 Å². The number of pyridine rings is 2. The maximum atomic E-state index is 13.5. The zero-order valence-electron chi connectivity index (χ0n) is 20.6. The number of nitrogens with zero attached hydrogens (tertiary/aromatic N) is 3. The van der Waals surface area contributed by atoms with E-state index in [4.69, 9.17) is 9.47 Å². The van der Waals surface area contributed by atoms with Crippen LogP contribution < -0.4 is 14.4 Å². The molecular weight excluding hydrogens is 462 g/mol. The van der Waals surface area contributed by atoms with Gasteiger partial charge in [-0.15, -0.1) is 0 Å². The van der Waals surface area contributed by atoms with Crippen LogP contribution in [0.1, 0.15) is 16.8 Å². The molecule has 1 amide bonds. The first kappa shape index (κ1) is 24.0. The summed E-state index contributed by atoms with van der Waals surface area (Å²) in [4.78, 5) is 24.1. The van der Waals surface area contributed by atoms with Crippen molar-refractivity contribution in [2.75, 3.05) is 12.0 Å². The molecular formula is C31H27N3O3. The van der Waals surface area contributed by atoms with Crippen LogP contribution in [-0.2, 0) is 24.4 Å². The van der Waals surface area contributed by atoms with Gasteiger partial charge in [-0.2, -0.15) is 0 Å². The van der Waals surface area contributed by atoms with Gasteiger partial charge in [0, 0.05) is 29.0 Å². The molecule has 0 saturated carbocycles. The predicted octanol–water partition coefficient (Wildman–Crippen LogP) is 5.99. The van der Waals surface area contributed by atoms with Gasteiger partial charge in [0.1, 0.15) is 18.1 Å². The summed E-state index contributed by atoms with van der Waals surface area (Å²) in [5.74, 6) is 1.36. The number of carbonyl (C=O) groups excluding carboxylic acids is 1. The van der Waals surface area contributed by atoms with Gasteiger partial charge < -0.3 is 14.4 Å². The van der Waals surface area contributed by atoms with Gasteiger partial charge in [-0.25, -0.2) is 4.98 Å². The largest absolute Gasteiger partial charge is 0.496 e. The highest BCUT2D eigenvalue weighted by Gasteiger charge is 2.19. The SMILES string of the molecule is COc1ccccc1CC(=O)N(Cc1cccnc1)c1ccc(OCc2ccc3ccccc3n2)cc1. The maximum Gasteiger partial charge on any atom is 0.231 e. The van der Waals surface area contributed by atoms with E-state index in [9.17, 15) is 4.79 Å². The molecule has 3 aromatic carbocycles. The van der Waals surface area contributed by atoms with Crippen LogP contribution in [0.4, 0.5) is 5.69 Å². The van der Waals surface area contributed by atoms with Crippen LogP contribution in [0.2, 0.25) is 0 Å². The van der Waals surface area contributed by atoms with Crippen molar-refractivity contribution in [1.29, 1.82) is 0 Å². The third-order valence-electron chi connectivity index (χ3n) is 6.09. The molecule has 0 N–H and O–H groups in total. The monoisotopic (exact) mass is 489 g/mol. The Hall–Kier alpha value is -4.71. The lowest BCUT2D eigenvalue weighted by atomic mass is 10.1. The lowest BCUT2D eigenvalue weighted by Gasteiger charge is -2.24. The fourth-order valence-corrected chi connectivity index (χ4v) is 4.17. The van der Waals surface area contributed by atoms with Gasteiger partial charge in [0.15, 0.2) is 0 Å². The average molecular weight is 490 g/mol. The number of para-hydroxylation sites is 2. The van der Waals surface area contributed by atoms with E-state index >= 15 is 0 Å². The summed E-state index contributed by atoms with van der Waals surface area (Å²) < 4.78 is 11.4. The van der Waals surface area contributed by atoms with Gasteiger partial charge >= 0.3 is 0 Å². The van der Waals surface area contributed by atoms with E-state index in [0.717, 1.165) is 33.4 Å². The van der Waals surface area contributed by atoms with Crippen LogP contribution in [0.25, 0.3) is 10.9 Å². The number of hydrogen-bond donors (Lipinski definition) is 0. The van der Waals surface area contributed by atoms with Crippen LogP contribution in [0.15, 0.2) is 109 Å². The molecule has 184 valence electrons. The van der Waals surface area contributed by atoms with E-state index in [2.05, 4.69) is 9.97 Å². The highest BCUT2D eigenvalue weighted by atomic mass is 16.5. The van der Waals surface area contributed by atoms with Crippen LogP contribution in [-0.4, -0.2) is 23.0 Å². The zero-order chi connectivity index (χ0) is 25.5. The minimum Gasteiger partial charge on any atom is -0.496 e. The van der Waals surface area contributed by atoms with Crippen molar-refractivity contribution in [3.8, 4) is 11.5 Å². The molecule has 0 aliphatic rings. The Kier molecular flexibility index (Phi) is 7.36. The Balaban J connectivity index is 1.33. The molecule has 2 aromatic heterocycles. The van der Waals surface area contributed by atoms with E-state index in [1.54, 1.807) is 24.4 Å². The van der Waals surface area contributed by atoms with Crippen molar-refractivity contribution in [3.05, 3.63) is 126 Å². The van der Waals surface area contributed by atoms with E-state index in [1.807, 2.05) is 97.1 Å². The van der Waals surface area contributed by atoms with Crippen molar-refractivity contribution in [3.63, 3.8) is 0 Å². The summed E-state index contributed by atoms with van der Waals surface area (Å²) in [7, 11) is 1.61. The molecule has 0 saturated heterocycles. The Morgan fingerprint density at radius 3 is 2.49 bits per heavy atom. The molecule has 37 heavy (non-hydrogen) atoms. The van der Waals surface area contributed by atoms with Gasteiger partial charge in [0.2, 0.25) is 5.91 Å². The number of hydrogen-bond acceptors (Lipinski definition) is 5. The zero-order valence-corrected chi connectivity index (χ0v) is 20.6. The number of methoxy groups -OCH3 is 1. The maximum absolute atomic E-state index is 13.5.